The molecule has 2 N–H and O–H groups in total. The maximum Gasteiger partial charge on any atom is 0.0491 e. The predicted molar refractivity (Wildman–Crippen MR) is 57.1 cm³/mol. The Morgan fingerprint density at radius 3 is 2.67 bits per heavy atom. The zero-order valence-corrected chi connectivity index (χ0v) is 9.06. The third-order valence-corrected chi connectivity index (χ3v) is 2.46. The van der Waals surface area contributed by atoms with Crippen molar-refractivity contribution in [3.05, 3.63) is 28.2 Å². The molecule has 0 fully saturated rings. The molecule has 66 valence electrons. The average Bonchev–Trinajstić information content (AvgIpc) is 1.98. The standard InChI is InChI=1S/C10H14BrN/c1-7(2)6-8-4-3-5-9(11)10(8)12/h3-5,7H,6,12H2,1-2H3. The predicted octanol–water partition coefficient (Wildman–Crippen LogP) is 3.23. The van der Waals surface area contributed by atoms with Gasteiger partial charge in [-0.15, -0.1) is 0 Å². The van der Waals surface area contributed by atoms with Gasteiger partial charge in [-0.25, -0.2) is 0 Å². The van der Waals surface area contributed by atoms with Gasteiger partial charge in [0.1, 0.15) is 0 Å². The molecule has 0 aliphatic rings. The number of halogens is 1. The molecule has 0 unspecified atom stereocenters. The third-order valence-electron chi connectivity index (χ3n) is 1.77. The van der Waals surface area contributed by atoms with Crippen LogP contribution in [-0.2, 0) is 6.42 Å². The van der Waals surface area contributed by atoms with Gasteiger partial charge in [0, 0.05) is 10.2 Å². The quantitative estimate of drug-likeness (QED) is 0.772. The van der Waals surface area contributed by atoms with E-state index in [-0.39, 0.29) is 0 Å². The molecule has 0 aliphatic carbocycles. The fraction of sp³-hybridized carbons (Fsp3) is 0.400. The molecule has 0 bridgehead atoms. The van der Waals surface area contributed by atoms with Crippen molar-refractivity contribution in [3.63, 3.8) is 0 Å². The van der Waals surface area contributed by atoms with Gasteiger partial charge < -0.3 is 5.73 Å². The van der Waals surface area contributed by atoms with E-state index in [9.17, 15) is 0 Å². The van der Waals surface area contributed by atoms with Crippen LogP contribution in [0.3, 0.4) is 0 Å². The van der Waals surface area contributed by atoms with Crippen LogP contribution in [0.1, 0.15) is 19.4 Å². The van der Waals surface area contributed by atoms with E-state index in [0.717, 1.165) is 16.6 Å². The molecule has 0 amide bonds. The molecule has 0 aromatic heterocycles. The van der Waals surface area contributed by atoms with E-state index in [1.54, 1.807) is 0 Å². The van der Waals surface area contributed by atoms with Gasteiger partial charge >= 0.3 is 0 Å². The highest BCUT2D eigenvalue weighted by molar-refractivity contribution is 9.10. The molecule has 0 saturated heterocycles. The summed E-state index contributed by atoms with van der Waals surface area (Å²) in [6.45, 7) is 4.39. The van der Waals surface area contributed by atoms with Crippen LogP contribution in [0.5, 0.6) is 0 Å². The monoisotopic (exact) mass is 227 g/mol. The number of hydrogen-bond acceptors (Lipinski definition) is 1. The van der Waals surface area contributed by atoms with Gasteiger partial charge in [-0.1, -0.05) is 26.0 Å². The topological polar surface area (TPSA) is 26.0 Å². The minimum atomic E-state index is 0.654. The Morgan fingerprint density at radius 1 is 1.42 bits per heavy atom. The van der Waals surface area contributed by atoms with Crippen molar-refractivity contribution in [2.45, 2.75) is 20.3 Å². The molecular formula is C10H14BrN. The lowest BCUT2D eigenvalue weighted by atomic mass is 10.0. The molecule has 0 saturated carbocycles. The maximum absolute atomic E-state index is 5.88. The van der Waals surface area contributed by atoms with Gasteiger partial charge in [0.15, 0.2) is 0 Å². The summed E-state index contributed by atoms with van der Waals surface area (Å²) in [6, 6.07) is 6.08. The number of nitrogens with two attached hydrogens (primary N) is 1. The Balaban J connectivity index is 2.92. The Labute approximate surface area is 82.1 Å². The number of para-hydroxylation sites is 1. The molecule has 0 aliphatic heterocycles. The van der Waals surface area contributed by atoms with Crippen molar-refractivity contribution in [3.8, 4) is 0 Å². The van der Waals surface area contributed by atoms with Crippen LogP contribution >= 0.6 is 15.9 Å². The second-order valence-electron chi connectivity index (χ2n) is 3.41. The summed E-state index contributed by atoms with van der Waals surface area (Å²) in [5.74, 6) is 0.654. The highest BCUT2D eigenvalue weighted by atomic mass is 79.9. The second-order valence-corrected chi connectivity index (χ2v) is 4.26. The average molecular weight is 228 g/mol. The lowest BCUT2D eigenvalue weighted by Crippen LogP contribution is -1.99. The van der Waals surface area contributed by atoms with Crippen LogP contribution in [0.15, 0.2) is 22.7 Å². The van der Waals surface area contributed by atoms with E-state index in [1.165, 1.54) is 5.56 Å². The van der Waals surface area contributed by atoms with E-state index in [0.29, 0.717) is 5.92 Å². The van der Waals surface area contributed by atoms with E-state index in [4.69, 9.17) is 5.73 Å². The minimum Gasteiger partial charge on any atom is -0.398 e. The van der Waals surface area contributed by atoms with Gasteiger partial charge in [-0.2, -0.15) is 0 Å². The Morgan fingerprint density at radius 2 is 2.08 bits per heavy atom. The number of nitrogen functional groups attached to an aromatic ring is 1. The molecule has 1 aromatic rings. The van der Waals surface area contributed by atoms with Gasteiger partial charge in [-0.05, 0) is 39.9 Å². The first-order chi connectivity index (χ1) is 5.61. The van der Waals surface area contributed by atoms with Crippen molar-refractivity contribution >= 4 is 21.6 Å². The molecule has 0 radical (unpaired) electrons. The number of rotatable bonds is 2. The second kappa shape index (κ2) is 3.94. The smallest absolute Gasteiger partial charge is 0.0491 e. The van der Waals surface area contributed by atoms with Crippen molar-refractivity contribution in [2.75, 3.05) is 5.73 Å². The summed E-state index contributed by atoms with van der Waals surface area (Å²) >= 11 is 3.41. The van der Waals surface area contributed by atoms with E-state index in [2.05, 4.69) is 35.8 Å². The van der Waals surface area contributed by atoms with Crippen LogP contribution in [0, 0.1) is 5.92 Å². The molecule has 12 heavy (non-hydrogen) atoms. The highest BCUT2D eigenvalue weighted by Gasteiger charge is 2.03. The van der Waals surface area contributed by atoms with Crippen molar-refractivity contribution < 1.29 is 0 Å². The summed E-state index contributed by atoms with van der Waals surface area (Å²) in [4.78, 5) is 0. The van der Waals surface area contributed by atoms with E-state index in [1.807, 2.05) is 12.1 Å². The highest BCUT2D eigenvalue weighted by Crippen LogP contribution is 2.24. The zero-order valence-electron chi connectivity index (χ0n) is 7.47. The zero-order chi connectivity index (χ0) is 9.14. The fourth-order valence-electron chi connectivity index (χ4n) is 1.20. The van der Waals surface area contributed by atoms with Gasteiger partial charge in [0.05, 0.1) is 0 Å². The maximum atomic E-state index is 5.88. The summed E-state index contributed by atoms with van der Waals surface area (Å²) in [7, 11) is 0. The first kappa shape index (κ1) is 9.59. The van der Waals surface area contributed by atoms with E-state index < -0.39 is 0 Å². The molecule has 0 atom stereocenters. The molecule has 0 heterocycles. The molecule has 1 aromatic carbocycles. The van der Waals surface area contributed by atoms with Crippen molar-refractivity contribution in [2.24, 2.45) is 5.92 Å². The Kier molecular flexibility index (Phi) is 3.15. The molecule has 1 rings (SSSR count). The lowest BCUT2D eigenvalue weighted by molar-refractivity contribution is 0.648. The van der Waals surface area contributed by atoms with Crippen LogP contribution < -0.4 is 5.73 Å². The van der Waals surface area contributed by atoms with Gasteiger partial charge in [0.2, 0.25) is 0 Å². The Hall–Kier alpha value is -0.500. The summed E-state index contributed by atoms with van der Waals surface area (Å²) in [6.07, 6.45) is 1.05. The first-order valence-electron chi connectivity index (χ1n) is 4.14. The molecule has 1 nitrogen and oxygen atoms in total. The van der Waals surface area contributed by atoms with Crippen LogP contribution in [0.2, 0.25) is 0 Å². The first-order valence-corrected chi connectivity index (χ1v) is 4.93. The molecular weight excluding hydrogens is 214 g/mol. The van der Waals surface area contributed by atoms with Crippen molar-refractivity contribution in [1.29, 1.82) is 0 Å². The third kappa shape index (κ3) is 2.24. The van der Waals surface area contributed by atoms with Crippen molar-refractivity contribution in [1.82, 2.24) is 0 Å². The fourth-order valence-corrected chi connectivity index (χ4v) is 1.61. The van der Waals surface area contributed by atoms with Gasteiger partial charge in [-0.3, -0.25) is 0 Å². The molecule has 2 heteroatoms. The van der Waals surface area contributed by atoms with Crippen LogP contribution in [0.25, 0.3) is 0 Å². The Bertz CT molecular complexity index is 269. The minimum absolute atomic E-state index is 0.654. The number of anilines is 1. The van der Waals surface area contributed by atoms with E-state index >= 15 is 0 Å². The SMILES string of the molecule is CC(C)Cc1cccc(Br)c1N. The number of benzene rings is 1. The summed E-state index contributed by atoms with van der Waals surface area (Å²) in [5, 5.41) is 0. The normalized spacial score (nSPS) is 10.7. The summed E-state index contributed by atoms with van der Waals surface area (Å²) < 4.78 is 1.00. The lowest BCUT2D eigenvalue weighted by Gasteiger charge is -2.08. The largest absolute Gasteiger partial charge is 0.398 e. The number of hydrogen-bond donors (Lipinski definition) is 1. The molecule has 0 spiro atoms. The van der Waals surface area contributed by atoms with Crippen LogP contribution in [-0.4, -0.2) is 0 Å². The van der Waals surface area contributed by atoms with Gasteiger partial charge in [0.25, 0.3) is 0 Å². The summed E-state index contributed by atoms with van der Waals surface area (Å²) in [5.41, 5.74) is 8.00. The van der Waals surface area contributed by atoms with Crippen LogP contribution in [0.4, 0.5) is 5.69 Å².